The lowest BCUT2D eigenvalue weighted by atomic mass is 9.86. The second-order valence-corrected chi connectivity index (χ2v) is 13.0. The maximum absolute atomic E-state index is 10.3. The highest BCUT2D eigenvalue weighted by Crippen LogP contribution is 2.43. The number of benzene rings is 3. The second kappa shape index (κ2) is 16.2. The Balaban J connectivity index is 1.72. The highest BCUT2D eigenvalue weighted by molar-refractivity contribution is 6.36. The van der Waals surface area contributed by atoms with E-state index < -0.39 is 23.9 Å². The number of hydrogen-bond donors (Lipinski definition) is 0. The Labute approximate surface area is 293 Å². The molecule has 1 saturated heterocycles. The zero-order chi connectivity index (χ0) is 32.7. The molecule has 45 heavy (non-hydrogen) atoms. The third-order valence-corrected chi connectivity index (χ3v) is 8.87. The minimum Gasteiger partial charge on any atom is -0.383 e. The summed E-state index contributed by atoms with van der Waals surface area (Å²) in [6.45, 7) is 4.49. The van der Waals surface area contributed by atoms with E-state index in [0.717, 1.165) is 5.56 Å². The van der Waals surface area contributed by atoms with Crippen molar-refractivity contribution in [3.63, 3.8) is 0 Å². The first-order valence-corrected chi connectivity index (χ1v) is 16.0. The topological polar surface area (TPSA) is 64.0 Å². The fraction of sp³-hybridized carbons (Fsp3) is 0.303. The molecule has 4 rings (SSSR count). The molecule has 0 spiro atoms. The van der Waals surface area contributed by atoms with Crippen LogP contribution in [0.25, 0.3) is 0 Å². The van der Waals surface area contributed by atoms with Crippen molar-refractivity contribution in [2.75, 3.05) is 20.7 Å². The Hall–Kier alpha value is -1.99. The molecule has 1 fully saturated rings. The molecule has 0 amide bonds. The molecule has 3 aromatic carbocycles. The van der Waals surface area contributed by atoms with Gasteiger partial charge in [0.05, 0.1) is 38.1 Å². The third-order valence-electron chi connectivity index (χ3n) is 7.11. The van der Waals surface area contributed by atoms with Crippen molar-refractivity contribution in [1.82, 2.24) is 4.90 Å². The van der Waals surface area contributed by atoms with E-state index in [4.69, 9.17) is 88.6 Å². The average molecular weight is 731 g/mol. The van der Waals surface area contributed by atoms with E-state index in [1.54, 1.807) is 71.8 Å². The van der Waals surface area contributed by atoms with Crippen LogP contribution in [-0.2, 0) is 38.8 Å². The van der Waals surface area contributed by atoms with Crippen molar-refractivity contribution in [2.24, 2.45) is 0 Å². The number of ether oxygens (including phenoxy) is 4. The molecular formula is C33H30Cl6N2O4. The van der Waals surface area contributed by atoms with Gasteiger partial charge in [0, 0.05) is 50.4 Å². The van der Waals surface area contributed by atoms with Gasteiger partial charge < -0.3 is 23.8 Å². The van der Waals surface area contributed by atoms with Crippen LogP contribution in [0.2, 0.25) is 30.1 Å². The minimum atomic E-state index is -1.37. The Morgan fingerprint density at radius 3 is 1.84 bits per heavy atom. The molecule has 1 unspecified atom stereocenters. The monoisotopic (exact) mass is 728 g/mol. The largest absolute Gasteiger partial charge is 0.383 e. The van der Waals surface area contributed by atoms with Gasteiger partial charge in [-0.15, -0.1) is 6.58 Å². The quantitative estimate of drug-likeness (QED) is 0.129. The van der Waals surface area contributed by atoms with Crippen LogP contribution in [0, 0.1) is 11.3 Å². The number of nitrogens with zero attached hydrogens (tertiary/aromatic N) is 2. The third kappa shape index (κ3) is 8.88. The Bertz CT molecular complexity index is 1590. The van der Waals surface area contributed by atoms with E-state index in [1.807, 2.05) is 14.1 Å². The summed E-state index contributed by atoms with van der Waals surface area (Å²) in [5.41, 5.74) is 1.04. The molecule has 1 aliphatic rings. The molecule has 12 heteroatoms. The predicted molar refractivity (Wildman–Crippen MR) is 181 cm³/mol. The lowest BCUT2D eigenvalue weighted by Gasteiger charge is -2.36. The Kier molecular flexibility index (Phi) is 12.9. The number of hydrogen-bond acceptors (Lipinski definition) is 6. The van der Waals surface area contributed by atoms with Crippen LogP contribution in [-0.4, -0.2) is 49.5 Å². The number of halogens is 6. The van der Waals surface area contributed by atoms with Crippen molar-refractivity contribution in [1.29, 1.82) is 5.26 Å². The van der Waals surface area contributed by atoms with Crippen LogP contribution >= 0.6 is 69.6 Å². The molecule has 0 saturated carbocycles. The lowest BCUT2D eigenvalue weighted by Crippen LogP contribution is -2.51. The van der Waals surface area contributed by atoms with E-state index >= 15 is 0 Å². The molecule has 0 N–H and O–H groups in total. The zero-order valence-electron chi connectivity index (χ0n) is 24.4. The molecule has 3 aromatic rings. The Morgan fingerprint density at radius 1 is 0.867 bits per heavy atom. The number of rotatable bonds is 13. The van der Waals surface area contributed by atoms with Crippen molar-refractivity contribution in [2.45, 2.75) is 43.7 Å². The summed E-state index contributed by atoms with van der Waals surface area (Å²) in [5.74, 6) is 0. The van der Waals surface area contributed by atoms with Gasteiger partial charge in [0.15, 0.2) is 0 Å². The smallest absolute Gasteiger partial charge is 0.146 e. The summed E-state index contributed by atoms with van der Waals surface area (Å²) in [4.78, 5) is 1.75. The average Bonchev–Trinajstić information content (AvgIpc) is 3.29. The highest BCUT2D eigenvalue weighted by Gasteiger charge is 2.58. The maximum Gasteiger partial charge on any atom is 0.146 e. The molecule has 6 nitrogen and oxygen atoms in total. The molecule has 1 heterocycles. The lowest BCUT2D eigenvalue weighted by molar-refractivity contribution is -0.125. The molecule has 4 atom stereocenters. The molecule has 238 valence electrons. The van der Waals surface area contributed by atoms with Crippen molar-refractivity contribution < 1.29 is 18.9 Å². The highest BCUT2D eigenvalue weighted by atomic mass is 35.5. The normalized spacial score (nSPS) is 21.5. The van der Waals surface area contributed by atoms with Gasteiger partial charge in [-0.2, -0.15) is 5.26 Å². The van der Waals surface area contributed by atoms with Crippen molar-refractivity contribution in [3.05, 3.63) is 126 Å². The fourth-order valence-corrected chi connectivity index (χ4v) is 6.32. The van der Waals surface area contributed by atoms with Crippen LogP contribution < -0.4 is 0 Å². The second-order valence-electron chi connectivity index (χ2n) is 10.5. The summed E-state index contributed by atoms with van der Waals surface area (Å²) < 4.78 is 25.9. The minimum absolute atomic E-state index is 0.0398. The first-order chi connectivity index (χ1) is 21.5. The van der Waals surface area contributed by atoms with E-state index in [-0.39, 0.29) is 26.4 Å². The van der Waals surface area contributed by atoms with Crippen LogP contribution in [0.1, 0.15) is 16.7 Å². The molecule has 0 radical (unpaired) electrons. The first kappa shape index (κ1) is 35.9. The first-order valence-electron chi connectivity index (χ1n) is 13.7. The summed E-state index contributed by atoms with van der Waals surface area (Å²) in [5, 5.41) is 13.1. The van der Waals surface area contributed by atoms with Gasteiger partial charge in [0.2, 0.25) is 0 Å². The predicted octanol–water partition coefficient (Wildman–Crippen LogP) is 9.59. The van der Waals surface area contributed by atoms with Gasteiger partial charge in [-0.3, -0.25) is 0 Å². The van der Waals surface area contributed by atoms with Gasteiger partial charge in [0.25, 0.3) is 0 Å². The van der Waals surface area contributed by atoms with E-state index in [9.17, 15) is 5.26 Å². The van der Waals surface area contributed by atoms with Crippen LogP contribution in [0.15, 0.2) is 79.0 Å². The molecule has 0 aromatic heterocycles. The van der Waals surface area contributed by atoms with Crippen LogP contribution in [0.5, 0.6) is 0 Å². The van der Waals surface area contributed by atoms with Crippen molar-refractivity contribution >= 4 is 69.6 Å². The van der Waals surface area contributed by atoms with Gasteiger partial charge >= 0.3 is 0 Å². The maximum atomic E-state index is 10.3. The van der Waals surface area contributed by atoms with Gasteiger partial charge in [-0.05, 0) is 53.1 Å². The summed E-state index contributed by atoms with van der Waals surface area (Å²) in [6.07, 6.45) is 0.812. The summed E-state index contributed by atoms with van der Waals surface area (Å²) in [7, 11) is 3.62. The summed E-state index contributed by atoms with van der Waals surface area (Å²) >= 11 is 37.7. The standard InChI is InChI=1S/C33H30Cl6N2O4/c1-4-33(44-18-22-7-10-26(36)13-29(22)39)31(23(14-40)15-41(2)3)45-30(19-42-16-20-5-8-24(34)11-27(20)37)32(33)43-17-21-6-9-25(35)12-28(21)38/h4-13,15,30-32H,1,16-19H2,2-3H3/b23-15+/t30-,31?,32-,33+/m1/s1. The molecule has 0 aliphatic carbocycles. The van der Waals surface area contributed by atoms with Gasteiger partial charge in [0.1, 0.15) is 23.9 Å². The molecule has 1 aliphatic heterocycles. The summed E-state index contributed by atoms with van der Waals surface area (Å²) in [6, 6.07) is 17.7. The zero-order valence-corrected chi connectivity index (χ0v) is 28.9. The van der Waals surface area contributed by atoms with Gasteiger partial charge in [-0.25, -0.2) is 0 Å². The molecule has 0 bridgehead atoms. The Morgan fingerprint density at radius 2 is 1.38 bits per heavy atom. The van der Waals surface area contributed by atoms with E-state index in [0.29, 0.717) is 46.8 Å². The number of nitriles is 1. The van der Waals surface area contributed by atoms with E-state index in [1.165, 1.54) is 0 Å². The van der Waals surface area contributed by atoms with Gasteiger partial charge in [-0.1, -0.05) is 93.9 Å². The molecular weight excluding hydrogens is 701 g/mol. The van der Waals surface area contributed by atoms with E-state index in [2.05, 4.69) is 12.6 Å². The van der Waals surface area contributed by atoms with Crippen molar-refractivity contribution in [3.8, 4) is 6.07 Å². The SMILES string of the molecule is C=C[C@]1(OCc2ccc(Cl)cc2Cl)C(/C(C#N)=C/N(C)C)O[C@H](COCc2ccc(Cl)cc2Cl)[C@H]1OCc1ccc(Cl)cc1Cl. The van der Waals surface area contributed by atoms with Crippen LogP contribution in [0.4, 0.5) is 0 Å². The fourth-order valence-electron chi connectivity index (χ4n) is 4.93. The van der Waals surface area contributed by atoms with Crippen LogP contribution in [0.3, 0.4) is 0 Å².